The van der Waals surface area contributed by atoms with Gasteiger partial charge in [-0.05, 0) is 63.4 Å². The number of amides is 2. The van der Waals surface area contributed by atoms with Gasteiger partial charge in [-0.2, -0.15) is 0 Å². The highest BCUT2D eigenvalue weighted by atomic mass is 32.1. The van der Waals surface area contributed by atoms with E-state index < -0.39 is 0 Å². The van der Waals surface area contributed by atoms with Crippen LogP contribution in [0.4, 0.5) is 16.2 Å². The smallest absolute Gasteiger partial charge is 0.319 e. The zero-order valence-corrected chi connectivity index (χ0v) is 16.9. The highest BCUT2D eigenvalue weighted by Crippen LogP contribution is 2.27. The van der Waals surface area contributed by atoms with Gasteiger partial charge in [0.2, 0.25) is 0 Å². The Labute approximate surface area is 166 Å². The fraction of sp³-hybridized carbons (Fsp3) is 0.350. The third-order valence-electron chi connectivity index (χ3n) is 4.91. The molecule has 0 aliphatic heterocycles. The van der Waals surface area contributed by atoms with E-state index in [0.29, 0.717) is 17.3 Å². The van der Waals surface area contributed by atoms with Crippen LogP contribution in [0.25, 0.3) is 10.2 Å². The molecule has 2 aromatic heterocycles. The number of benzene rings is 1. The van der Waals surface area contributed by atoms with Gasteiger partial charge in [0.25, 0.3) is 5.56 Å². The van der Waals surface area contributed by atoms with Gasteiger partial charge in [0.05, 0.1) is 11.4 Å². The number of aromatic nitrogens is 2. The number of anilines is 2. The third kappa shape index (κ3) is 3.87. The number of H-pyrrole nitrogens is 1. The number of carbonyl (C=O) groups is 1. The minimum atomic E-state index is -0.173. The van der Waals surface area contributed by atoms with Crippen molar-refractivity contribution in [3.63, 3.8) is 0 Å². The van der Waals surface area contributed by atoms with E-state index in [2.05, 4.69) is 25.9 Å². The van der Waals surface area contributed by atoms with E-state index in [4.69, 9.17) is 0 Å². The molecule has 7 nitrogen and oxygen atoms in total. The number of aryl methyl sites for hydroxylation is 2. The van der Waals surface area contributed by atoms with Gasteiger partial charge in [-0.3, -0.25) is 4.79 Å². The van der Waals surface area contributed by atoms with Gasteiger partial charge in [-0.15, -0.1) is 11.3 Å². The molecule has 1 unspecified atom stereocenters. The number of aromatic amines is 1. The number of fused-ring (bicyclic) bond motifs is 1. The number of rotatable bonds is 5. The van der Waals surface area contributed by atoms with E-state index in [1.807, 2.05) is 45.0 Å². The molecule has 4 N–H and O–H groups in total. The molecular formula is C20H23N5O2S. The summed E-state index contributed by atoms with van der Waals surface area (Å²) in [6.07, 6.45) is 2.11. The molecular weight excluding hydrogens is 374 g/mol. The van der Waals surface area contributed by atoms with Crippen LogP contribution in [-0.4, -0.2) is 22.0 Å². The van der Waals surface area contributed by atoms with E-state index in [-0.39, 0.29) is 17.6 Å². The lowest BCUT2D eigenvalue weighted by Gasteiger charge is -2.15. The van der Waals surface area contributed by atoms with Crippen molar-refractivity contribution in [2.75, 3.05) is 10.6 Å². The Morgan fingerprint density at radius 1 is 1.21 bits per heavy atom. The fourth-order valence-electron chi connectivity index (χ4n) is 3.02. The molecule has 146 valence electrons. The van der Waals surface area contributed by atoms with Crippen molar-refractivity contribution in [1.29, 1.82) is 0 Å². The minimum Gasteiger partial charge on any atom is -0.375 e. The molecule has 1 aliphatic rings. The predicted octanol–water partition coefficient (Wildman–Crippen LogP) is 4.06. The summed E-state index contributed by atoms with van der Waals surface area (Å²) in [7, 11) is 0. The molecule has 1 atom stereocenters. The molecule has 2 amide bonds. The first-order chi connectivity index (χ1) is 13.4. The van der Waals surface area contributed by atoms with E-state index in [1.165, 1.54) is 0 Å². The van der Waals surface area contributed by atoms with Crippen LogP contribution >= 0.6 is 11.3 Å². The number of urea groups is 1. The van der Waals surface area contributed by atoms with Gasteiger partial charge in [-0.1, -0.05) is 0 Å². The zero-order chi connectivity index (χ0) is 19.8. The van der Waals surface area contributed by atoms with Crippen LogP contribution in [0.2, 0.25) is 0 Å². The van der Waals surface area contributed by atoms with E-state index in [0.717, 1.165) is 39.5 Å². The lowest BCUT2D eigenvalue weighted by atomic mass is 10.2. The van der Waals surface area contributed by atoms with Crippen molar-refractivity contribution < 1.29 is 4.79 Å². The Kier molecular flexibility index (Phi) is 4.80. The summed E-state index contributed by atoms with van der Waals surface area (Å²) in [5.41, 5.74) is 2.50. The predicted molar refractivity (Wildman–Crippen MR) is 113 cm³/mol. The normalized spacial score (nSPS) is 14.7. The number of thiophene rings is 1. The summed E-state index contributed by atoms with van der Waals surface area (Å²) in [5.74, 6) is 0.602. The quantitative estimate of drug-likeness (QED) is 0.522. The highest BCUT2D eigenvalue weighted by molar-refractivity contribution is 7.18. The summed E-state index contributed by atoms with van der Waals surface area (Å²) in [6.45, 7) is 5.91. The summed E-state index contributed by atoms with van der Waals surface area (Å²) in [6, 6.07) is 7.44. The number of hydrogen-bond acceptors (Lipinski definition) is 5. The molecule has 3 aromatic rings. The molecule has 0 saturated heterocycles. The molecule has 0 spiro atoms. The average Bonchev–Trinajstić information content (AvgIpc) is 3.41. The molecule has 1 fully saturated rings. The molecule has 4 rings (SSSR count). The molecule has 1 aromatic carbocycles. The van der Waals surface area contributed by atoms with Crippen LogP contribution < -0.4 is 21.5 Å². The zero-order valence-electron chi connectivity index (χ0n) is 16.1. The first-order valence-electron chi connectivity index (χ1n) is 9.34. The van der Waals surface area contributed by atoms with Crippen molar-refractivity contribution >= 4 is 39.0 Å². The second-order valence-electron chi connectivity index (χ2n) is 7.23. The lowest BCUT2D eigenvalue weighted by Crippen LogP contribution is -2.30. The largest absolute Gasteiger partial charge is 0.375 e. The van der Waals surface area contributed by atoms with Crippen molar-refractivity contribution in [3.8, 4) is 0 Å². The van der Waals surface area contributed by atoms with Gasteiger partial charge in [-0.25, -0.2) is 9.78 Å². The maximum Gasteiger partial charge on any atom is 0.319 e. The Morgan fingerprint density at radius 3 is 2.57 bits per heavy atom. The first kappa shape index (κ1) is 18.5. The summed E-state index contributed by atoms with van der Waals surface area (Å²) < 4.78 is 0. The molecule has 28 heavy (non-hydrogen) atoms. The Hall–Kier alpha value is -2.87. The summed E-state index contributed by atoms with van der Waals surface area (Å²) >= 11 is 1.54. The van der Waals surface area contributed by atoms with Crippen molar-refractivity contribution in [2.45, 2.75) is 45.7 Å². The molecule has 0 radical (unpaired) electrons. The van der Waals surface area contributed by atoms with Gasteiger partial charge in [0.15, 0.2) is 0 Å². The van der Waals surface area contributed by atoms with E-state index in [9.17, 15) is 9.59 Å². The maximum absolute atomic E-state index is 12.5. The van der Waals surface area contributed by atoms with Gasteiger partial charge in [0, 0.05) is 22.3 Å². The molecule has 2 heterocycles. The maximum atomic E-state index is 12.5. The molecule has 1 aliphatic carbocycles. The molecule has 8 heteroatoms. The highest BCUT2D eigenvalue weighted by Gasteiger charge is 2.23. The topological polar surface area (TPSA) is 98.9 Å². The Balaban J connectivity index is 1.45. The van der Waals surface area contributed by atoms with Gasteiger partial charge in [0.1, 0.15) is 10.7 Å². The van der Waals surface area contributed by atoms with Crippen LogP contribution in [-0.2, 0) is 0 Å². The van der Waals surface area contributed by atoms with Crippen LogP contribution in [0, 0.1) is 13.8 Å². The van der Waals surface area contributed by atoms with Crippen LogP contribution in [0.3, 0.4) is 0 Å². The van der Waals surface area contributed by atoms with E-state index in [1.54, 1.807) is 11.3 Å². The SMILES string of the molecule is Cc1sc2nc(C(C)Nc3ccc(NC(=O)NC4CC4)cc3)[nH]c(=O)c2c1C. The average molecular weight is 398 g/mol. The van der Waals surface area contributed by atoms with Crippen molar-refractivity contribution in [3.05, 3.63) is 50.9 Å². The number of nitrogens with one attached hydrogen (secondary N) is 4. The second kappa shape index (κ2) is 7.27. The number of hydrogen-bond donors (Lipinski definition) is 4. The monoisotopic (exact) mass is 397 g/mol. The van der Waals surface area contributed by atoms with Crippen molar-refractivity contribution in [2.24, 2.45) is 0 Å². The van der Waals surface area contributed by atoms with Gasteiger partial charge >= 0.3 is 6.03 Å². The second-order valence-corrected chi connectivity index (χ2v) is 8.43. The summed E-state index contributed by atoms with van der Waals surface area (Å²) in [5, 5.41) is 9.73. The molecule has 1 saturated carbocycles. The minimum absolute atomic E-state index is 0.100. The standard InChI is InChI=1S/C20H23N5O2S/c1-10-12(3)28-19-16(10)18(26)24-17(25-19)11(2)21-13-4-6-14(7-5-13)22-20(27)23-15-8-9-15/h4-7,11,15,21H,8-9H2,1-3H3,(H2,22,23,27)(H,24,25,26). The summed E-state index contributed by atoms with van der Waals surface area (Å²) in [4.78, 5) is 33.7. The van der Waals surface area contributed by atoms with Crippen LogP contribution in [0.15, 0.2) is 29.1 Å². The number of carbonyl (C=O) groups excluding carboxylic acids is 1. The number of nitrogens with zero attached hydrogens (tertiary/aromatic N) is 1. The Morgan fingerprint density at radius 2 is 1.89 bits per heavy atom. The third-order valence-corrected chi connectivity index (χ3v) is 6.01. The van der Waals surface area contributed by atoms with E-state index >= 15 is 0 Å². The first-order valence-corrected chi connectivity index (χ1v) is 10.2. The molecule has 0 bridgehead atoms. The van der Waals surface area contributed by atoms with Crippen LogP contribution in [0.5, 0.6) is 0 Å². The lowest BCUT2D eigenvalue weighted by molar-refractivity contribution is 0.251. The Bertz CT molecular complexity index is 1080. The van der Waals surface area contributed by atoms with Gasteiger partial charge < -0.3 is 20.9 Å². The van der Waals surface area contributed by atoms with Crippen LogP contribution in [0.1, 0.15) is 42.1 Å². The van der Waals surface area contributed by atoms with Crippen molar-refractivity contribution in [1.82, 2.24) is 15.3 Å². The fourth-order valence-corrected chi connectivity index (χ4v) is 4.06.